The number of aliphatic hydroxyl groups excluding tert-OH is 1. The van der Waals surface area contributed by atoms with E-state index < -0.39 is 0 Å². The van der Waals surface area contributed by atoms with Gasteiger partial charge in [-0.25, -0.2) is 0 Å². The molecule has 0 aromatic carbocycles. The minimum absolute atomic E-state index is 0.160. The van der Waals surface area contributed by atoms with E-state index in [0.29, 0.717) is 5.92 Å². The second-order valence-electron chi connectivity index (χ2n) is 3.50. The van der Waals surface area contributed by atoms with E-state index in [9.17, 15) is 0 Å². The van der Waals surface area contributed by atoms with Crippen LogP contribution in [0.15, 0.2) is 0 Å². The maximum atomic E-state index is 8.99. The Morgan fingerprint density at radius 1 is 1.64 bits per heavy atom. The second kappa shape index (κ2) is 4.04. The summed E-state index contributed by atoms with van der Waals surface area (Å²) in [6.07, 6.45) is 0.726. The van der Waals surface area contributed by atoms with Gasteiger partial charge >= 0.3 is 0 Å². The molecule has 3 nitrogen and oxygen atoms in total. The fourth-order valence-electron chi connectivity index (χ4n) is 1.38. The highest BCUT2D eigenvalue weighted by Crippen LogP contribution is 2.13. The molecule has 0 bridgehead atoms. The lowest BCUT2D eigenvalue weighted by atomic mass is 10.0. The summed E-state index contributed by atoms with van der Waals surface area (Å²) < 4.78 is 0. The molecule has 3 heteroatoms. The van der Waals surface area contributed by atoms with Crippen LogP contribution in [0.3, 0.4) is 0 Å². The average molecular weight is 158 g/mol. The highest BCUT2D eigenvalue weighted by atomic mass is 16.3. The molecule has 1 rings (SSSR count). The molecule has 1 aliphatic heterocycles. The Labute approximate surface area is 68.2 Å². The van der Waals surface area contributed by atoms with Crippen molar-refractivity contribution in [2.45, 2.75) is 19.4 Å². The zero-order chi connectivity index (χ0) is 8.27. The lowest BCUT2D eigenvalue weighted by Crippen LogP contribution is -2.50. The Balaban J connectivity index is 1.96. The number of likely N-dealkylation sites (tertiary alicyclic amines) is 1. The summed E-state index contributed by atoms with van der Waals surface area (Å²) in [6, 6.07) is 0. The van der Waals surface area contributed by atoms with E-state index in [0.717, 1.165) is 32.6 Å². The van der Waals surface area contributed by atoms with E-state index in [-0.39, 0.29) is 6.10 Å². The average Bonchev–Trinajstić information content (AvgIpc) is 1.84. The van der Waals surface area contributed by atoms with Gasteiger partial charge in [-0.3, -0.25) is 0 Å². The SMILES string of the molecule is CC(O)CCN1CC(CN)C1. The third-order valence-electron chi connectivity index (χ3n) is 2.23. The summed E-state index contributed by atoms with van der Waals surface area (Å²) in [6.45, 7) is 5.92. The fraction of sp³-hybridized carbons (Fsp3) is 1.00. The summed E-state index contributed by atoms with van der Waals surface area (Å²) in [5.41, 5.74) is 5.48. The summed E-state index contributed by atoms with van der Waals surface area (Å²) in [7, 11) is 0. The van der Waals surface area contributed by atoms with Gasteiger partial charge < -0.3 is 15.7 Å². The van der Waals surface area contributed by atoms with E-state index in [1.165, 1.54) is 0 Å². The normalized spacial score (nSPS) is 23.2. The monoisotopic (exact) mass is 158 g/mol. The van der Waals surface area contributed by atoms with Crippen LogP contribution in [0.2, 0.25) is 0 Å². The molecule has 0 saturated carbocycles. The molecule has 1 unspecified atom stereocenters. The zero-order valence-corrected chi connectivity index (χ0v) is 7.16. The molecule has 0 amide bonds. The Hall–Kier alpha value is -0.120. The fourth-order valence-corrected chi connectivity index (χ4v) is 1.38. The second-order valence-corrected chi connectivity index (χ2v) is 3.50. The van der Waals surface area contributed by atoms with Crippen molar-refractivity contribution in [3.05, 3.63) is 0 Å². The van der Waals surface area contributed by atoms with Gasteiger partial charge in [-0.05, 0) is 25.8 Å². The standard InChI is InChI=1S/C8H18N2O/c1-7(11)2-3-10-5-8(4-9)6-10/h7-8,11H,2-6,9H2,1H3. The van der Waals surface area contributed by atoms with Crippen LogP contribution < -0.4 is 5.73 Å². The van der Waals surface area contributed by atoms with Gasteiger partial charge in [0, 0.05) is 19.6 Å². The van der Waals surface area contributed by atoms with Crippen LogP contribution in [-0.2, 0) is 0 Å². The number of nitrogens with zero attached hydrogens (tertiary/aromatic N) is 1. The van der Waals surface area contributed by atoms with Gasteiger partial charge in [0.2, 0.25) is 0 Å². The van der Waals surface area contributed by atoms with Crippen LogP contribution >= 0.6 is 0 Å². The summed E-state index contributed by atoms with van der Waals surface area (Å²) >= 11 is 0. The number of hydrogen-bond donors (Lipinski definition) is 2. The molecule has 0 radical (unpaired) electrons. The van der Waals surface area contributed by atoms with Crippen LogP contribution in [0.5, 0.6) is 0 Å². The van der Waals surface area contributed by atoms with Crippen molar-refractivity contribution in [3.8, 4) is 0 Å². The quantitative estimate of drug-likeness (QED) is 0.588. The van der Waals surface area contributed by atoms with Crippen molar-refractivity contribution < 1.29 is 5.11 Å². The largest absolute Gasteiger partial charge is 0.393 e. The van der Waals surface area contributed by atoms with Gasteiger partial charge in [-0.15, -0.1) is 0 Å². The predicted octanol–water partition coefficient (Wildman–Crippen LogP) is -0.352. The van der Waals surface area contributed by atoms with Crippen molar-refractivity contribution in [1.29, 1.82) is 0 Å². The molecule has 0 aromatic heterocycles. The Bertz CT molecular complexity index is 111. The molecule has 1 saturated heterocycles. The number of nitrogens with two attached hydrogens (primary N) is 1. The number of aliphatic hydroxyl groups is 1. The Morgan fingerprint density at radius 3 is 2.73 bits per heavy atom. The molecule has 0 aliphatic carbocycles. The van der Waals surface area contributed by atoms with Gasteiger partial charge in [-0.1, -0.05) is 0 Å². The molecule has 3 N–H and O–H groups in total. The smallest absolute Gasteiger partial charge is 0.0524 e. The van der Waals surface area contributed by atoms with Gasteiger partial charge in [0.25, 0.3) is 0 Å². The maximum Gasteiger partial charge on any atom is 0.0524 e. The number of rotatable bonds is 4. The minimum atomic E-state index is -0.160. The van der Waals surface area contributed by atoms with E-state index in [1.54, 1.807) is 0 Å². The first-order valence-corrected chi connectivity index (χ1v) is 4.33. The van der Waals surface area contributed by atoms with Gasteiger partial charge in [0.15, 0.2) is 0 Å². The molecular weight excluding hydrogens is 140 g/mol. The van der Waals surface area contributed by atoms with E-state index in [4.69, 9.17) is 10.8 Å². The highest BCUT2D eigenvalue weighted by Gasteiger charge is 2.24. The molecule has 0 spiro atoms. The molecule has 1 aliphatic rings. The molecule has 11 heavy (non-hydrogen) atoms. The van der Waals surface area contributed by atoms with Crippen LogP contribution in [-0.4, -0.2) is 42.3 Å². The van der Waals surface area contributed by atoms with Crippen molar-refractivity contribution in [2.75, 3.05) is 26.2 Å². The third kappa shape index (κ3) is 2.77. The predicted molar refractivity (Wildman–Crippen MR) is 45.3 cm³/mol. The first-order chi connectivity index (χ1) is 5.22. The Kier molecular flexibility index (Phi) is 3.30. The lowest BCUT2D eigenvalue weighted by molar-refractivity contribution is 0.0814. The summed E-state index contributed by atoms with van der Waals surface area (Å²) in [5, 5.41) is 8.99. The molecular formula is C8H18N2O. The van der Waals surface area contributed by atoms with E-state index in [1.807, 2.05) is 6.92 Å². The van der Waals surface area contributed by atoms with E-state index >= 15 is 0 Å². The van der Waals surface area contributed by atoms with Crippen LogP contribution in [0.1, 0.15) is 13.3 Å². The van der Waals surface area contributed by atoms with Crippen molar-refractivity contribution >= 4 is 0 Å². The van der Waals surface area contributed by atoms with Crippen LogP contribution in [0.25, 0.3) is 0 Å². The highest BCUT2D eigenvalue weighted by molar-refractivity contribution is 4.80. The topological polar surface area (TPSA) is 49.5 Å². The van der Waals surface area contributed by atoms with Crippen LogP contribution in [0, 0.1) is 5.92 Å². The van der Waals surface area contributed by atoms with Crippen molar-refractivity contribution in [1.82, 2.24) is 4.90 Å². The molecule has 1 fully saturated rings. The maximum absolute atomic E-state index is 8.99. The van der Waals surface area contributed by atoms with E-state index in [2.05, 4.69) is 4.90 Å². The van der Waals surface area contributed by atoms with Gasteiger partial charge in [0.05, 0.1) is 6.10 Å². The third-order valence-corrected chi connectivity index (χ3v) is 2.23. The summed E-state index contributed by atoms with van der Waals surface area (Å²) in [5.74, 6) is 0.712. The van der Waals surface area contributed by atoms with Crippen molar-refractivity contribution in [2.24, 2.45) is 11.7 Å². The number of hydrogen-bond acceptors (Lipinski definition) is 3. The van der Waals surface area contributed by atoms with Gasteiger partial charge in [-0.2, -0.15) is 0 Å². The summed E-state index contributed by atoms with van der Waals surface area (Å²) in [4.78, 5) is 2.34. The minimum Gasteiger partial charge on any atom is -0.393 e. The van der Waals surface area contributed by atoms with Gasteiger partial charge in [0.1, 0.15) is 0 Å². The van der Waals surface area contributed by atoms with Crippen molar-refractivity contribution in [3.63, 3.8) is 0 Å². The zero-order valence-electron chi connectivity index (χ0n) is 7.16. The molecule has 66 valence electrons. The molecule has 1 heterocycles. The Morgan fingerprint density at radius 2 is 2.27 bits per heavy atom. The van der Waals surface area contributed by atoms with Crippen LogP contribution in [0.4, 0.5) is 0 Å². The molecule has 0 aromatic rings. The molecule has 1 atom stereocenters. The first kappa shape index (κ1) is 8.97. The first-order valence-electron chi connectivity index (χ1n) is 4.33. The lowest BCUT2D eigenvalue weighted by Gasteiger charge is -2.38.